The highest BCUT2D eigenvalue weighted by Gasteiger charge is 2.22. The number of quaternary nitrogens is 1. The molecule has 1 N–H and O–H groups in total. The van der Waals surface area contributed by atoms with Gasteiger partial charge in [-0.3, -0.25) is 0 Å². The van der Waals surface area contributed by atoms with Gasteiger partial charge in [-0.1, -0.05) is 24.3 Å². The summed E-state index contributed by atoms with van der Waals surface area (Å²) in [6.07, 6.45) is 0. The fourth-order valence-corrected chi connectivity index (χ4v) is 3.60. The van der Waals surface area contributed by atoms with Crippen LogP contribution in [0, 0.1) is 0 Å². The van der Waals surface area contributed by atoms with E-state index in [1.54, 1.807) is 28.4 Å². The Morgan fingerprint density at radius 1 is 1.19 bits per heavy atom. The molecule has 1 aromatic heterocycles. The second-order valence-electron chi connectivity index (χ2n) is 5.30. The van der Waals surface area contributed by atoms with Crippen LogP contribution in [0.1, 0.15) is 15.2 Å². The van der Waals surface area contributed by atoms with Crippen molar-refractivity contribution in [3.05, 3.63) is 52.2 Å². The van der Waals surface area contributed by atoms with E-state index in [4.69, 9.17) is 0 Å². The molecule has 0 spiro atoms. The monoisotopic (exact) mass is 302 g/mol. The van der Waals surface area contributed by atoms with E-state index in [0.29, 0.717) is 5.56 Å². The predicted molar refractivity (Wildman–Crippen MR) is 81.7 cm³/mol. The molecular formula is C16H18N2O2S. The third kappa shape index (κ3) is 3.25. The summed E-state index contributed by atoms with van der Waals surface area (Å²) in [5.74, 6) is -1.10. The molecule has 110 valence electrons. The summed E-state index contributed by atoms with van der Waals surface area (Å²) in [6.45, 7) is 4.88. The third-order valence-corrected chi connectivity index (χ3v) is 4.82. The number of nitrogens with one attached hydrogen (secondary N) is 1. The summed E-state index contributed by atoms with van der Waals surface area (Å²) in [5, 5.41) is 13.3. The van der Waals surface area contributed by atoms with Gasteiger partial charge in [-0.2, -0.15) is 0 Å². The number of thiophene rings is 1. The standard InChI is InChI=1S/C16H18N2O2S/c19-16(20)14-5-1-2-6-15(14)18-9-7-17(8-10-18)12-13-4-3-11-21-13/h1-6,11H,7-10,12H2,(H,19,20). The minimum absolute atomic E-state index is 0.291. The Morgan fingerprint density at radius 2 is 1.95 bits per heavy atom. The van der Waals surface area contributed by atoms with Gasteiger partial charge in [0.2, 0.25) is 0 Å². The van der Waals surface area contributed by atoms with Crippen molar-refractivity contribution < 1.29 is 14.8 Å². The first kappa shape index (κ1) is 14.1. The normalized spacial score (nSPS) is 16.1. The number of carboxylic acid groups (broad SMARTS) is 1. The van der Waals surface area contributed by atoms with Crippen LogP contribution in [-0.4, -0.2) is 32.1 Å². The third-order valence-electron chi connectivity index (χ3n) is 3.94. The number of anilines is 1. The predicted octanol–water partition coefficient (Wildman–Crippen LogP) is 0.0167. The summed E-state index contributed by atoms with van der Waals surface area (Å²) in [4.78, 5) is 16.3. The Kier molecular flexibility index (Phi) is 4.22. The van der Waals surface area contributed by atoms with Gasteiger partial charge in [-0.05, 0) is 17.5 Å². The Hall–Kier alpha value is -1.85. The van der Waals surface area contributed by atoms with E-state index in [9.17, 15) is 9.90 Å². The van der Waals surface area contributed by atoms with Crippen molar-refractivity contribution in [2.24, 2.45) is 0 Å². The van der Waals surface area contributed by atoms with Crippen molar-refractivity contribution in [1.29, 1.82) is 0 Å². The zero-order valence-corrected chi connectivity index (χ0v) is 12.6. The molecule has 0 radical (unpaired) electrons. The number of carbonyl (C=O) groups excluding carboxylic acids is 1. The van der Waals surface area contributed by atoms with Crippen molar-refractivity contribution >= 4 is 23.0 Å². The maximum absolute atomic E-state index is 11.2. The number of para-hydroxylation sites is 1. The van der Waals surface area contributed by atoms with Crippen molar-refractivity contribution in [3.8, 4) is 0 Å². The molecule has 4 nitrogen and oxygen atoms in total. The maximum atomic E-state index is 11.2. The molecule has 3 rings (SSSR count). The molecule has 1 saturated heterocycles. The molecule has 1 aliphatic heterocycles. The summed E-state index contributed by atoms with van der Waals surface area (Å²) in [5.41, 5.74) is 1.08. The molecule has 1 aromatic carbocycles. The molecule has 5 heteroatoms. The second kappa shape index (κ2) is 6.28. The van der Waals surface area contributed by atoms with Crippen LogP contribution < -0.4 is 14.9 Å². The summed E-state index contributed by atoms with van der Waals surface area (Å²) in [6, 6.07) is 11.4. The van der Waals surface area contributed by atoms with Crippen LogP contribution in [0.4, 0.5) is 5.69 Å². The van der Waals surface area contributed by atoms with E-state index in [0.717, 1.165) is 38.4 Å². The molecular weight excluding hydrogens is 284 g/mol. The maximum Gasteiger partial charge on any atom is 0.112 e. The Bertz CT molecular complexity index is 604. The van der Waals surface area contributed by atoms with Crippen molar-refractivity contribution in [3.63, 3.8) is 0 Å². The van der Waals surface area contributed by atoms with Gasteiger partial charge in [0.1, 0.15) is 6.54 Å². The lowest BCUT2D eigenvalue weighted by atomic mass is 10.1. The molecule has 0 bridgehead atoms. The largest absolute Gasteiger partial charge is 0.545 e. The molecule has 0 atom stereocenters. The number of piperazine rings is 1. The lowest BCUT2D eigenvalue weighted by molar-refractivity contribution is -0.914. The van der Waals surface area contributed by atoms with Gasteiger partial charge in [0, 0.05) is 11.3 Å². The molecule has 0 unspecified atom stereocenters. The summed E-state index contributed by atoms with van der Waals surface area (Å²) in [7, 11) is 0. The molecule has 0 saturated carbocycles. The van der Waals surface area contributed by atoms with Gasteiger partial charge in [0.25, 0.3) is 0 Å². The van der Waals surface area contributed by atoms with Crippen molar-refractivity contribution in [2.75, 3.05) is 31.1 Å². The highest BCUT2D eigenvalue weighted by molar-refractivity contribution is 7.09. The highest BCUT2D eigenvalue weighted by atomic mass is 32.1. The quantitative estimate of drug-likeness (QED) is 0.866. The average Bonchev–Trinajstić information content (AvgIpc) is 3.01. The van der Waals surface area contributed by atoms with E-state index >= 15 is 0 Å². The lowest BCUT2D eigenvalue weighted by Crippen LogP contribution is -3.13. The molecule has 1 aliphatic rings. The van der Waals surface area contributed by atoms with Gasteiger partial charge in [0.05, 0.1) is 37.0 Å². The van der Waals surface area contributed by atoms with E-state index in [2.05, 4.69) is 22.4 Å². The SMILES string of the molecule is O=C([O-])c1ccccc1N1CC[NH+](Cc2cccs2)CC1. The zero-order chi connectivity index (χ0) is 14.7. The molecule has 0 aliphatic carbocycles. The fourth-order valence-electron chi connectivity index (χ4n) is 2.82. The average molecular weight is 302 g/mol. The lowest BCUT2D eigenvalue weighted by Gasteiger charge is -2.34. The van der Waals surface area contributed by atoms with Crippen LogP contribution in [0.25, 0.3) is 0 Å². The number of benzene rings is 1. The first-order valence-corrected chi connectivity index (χ1v) is 8.03. The molecule has 1 fully saturated rings. The highest BCUT2D eigenvalue weighted by Crippen LogP contribution is 2.19. The van der Waals surface area contributed by atoms with Crippen molar-refractivity contribution in [1.82, 2.24) is 0 Å². The van der Waals surface area contributed by atoms with Crippen LogP contribution in [0.2, 0.25) is 0 Å². The topological polar surface area (TPSA) is 47.8 Å². The Morgan fingerprint density at radius 3 is 2.62 bits per heavy atom. The fraction of sp³-hybridized carbons (Fsp3) is 0.312. The van der Waals surface area contributed by atoms with E-state index < -0.39 is 5.97 Å². The number of hydrogen-bond donors (Lipinski definition) is 1. The van der Waals surface area contributed by atoms with Gasteiger partial charge in [-0.15, -0.1) is 11.3 Å². The molecule has 0 amide bonds. The van der Waals surface area contributed by atoms with Crippen molar-refractivity contribution in [2.45, 2.75) is 6.54 Å². The first-order valence-electron chi connectivity index (χ1n) is 7.15. The number of hydrogen-bond acceptors (Lipinski definition) is 4. The number of carbonyl (C=O) groups is 1. The minimum Gasteiger partial charge on any atom is -0.545 e. The zero-order valence-electron chi connectivity index (χ0n) is 11.7. The smallest absolute Gasteiger partial charge is 0.112 e. The second-order valence-corrected chi connectivity index (χ2v) is 6.33. The van der Waals surface area contributed by atoms with Crippen LogP contribution in [0.5, 0.6) is 0 Å². The van der Waals surface area contributed by atoms with Gasteiger partial charge >= 0.3 is 0 Å². The number of nitrogens with zero attached hydrogens (tertiary/aromatic N) is 1. The van der Waals surface area contributed by atoms with Gasteiger partial charge in [-0.25, -0.2) is 0 Å². The number of aromatic carboxylic acids is 1. The number of rotatable bonds is 4. The summed E-state index contributed by atoms with van der Waals surface area (Å²) >= 11 is 1.80. The Balaban J connectivity index is 1.64. The summed E-state index contributed by atoms with van der Waals surface area (Å²) < 4.78 is 0. The van der Waals surface area contributed by atoms with Crippen LogP contribution in [0.15, 0.2) is 41.8 Å². The molecule has 2 aromatic rings. The van der Waals surface area contributed by atoms with E-state index in [1.165, 1.54) is 4.88 Å². The van der Waals surface area contributed by atoms with Crippen LogP contribution in [0.3, 0.4) is 0 Å². The Labute approximate surface area is 128 Å². The minimum atomic E-state index is -1.10. The van der Waals surface area contributed by atoms with Gasteiger partial charge < -0.3 is 19.7 Å². The number of carboxylic acids is 1. The van der Waals surface area contributed by atoms with Crippen LogP contribution >= 0.6 is 11.3 Å². The van der Waals surface area contributed by atoms with Crippen LogP contribution in [-0.2, 0) is 6.54 Å². The molecule has 21 heavy (non-hydrogen) atoms. The van der Waals surface area contributed by atoms with E-state index in [1.807, 2.05) is 12.1 Å². The van der Waals surface area contributed by atoms with E-state index in [-0.39, 0.29) is 0 Å². The molecule has 2 heterocycles. The van der Waals surface area contributed by atoms with Gasteiger partial charge in [0.15, 0.2) is 0 Å². The first-order chi connectivity index (χ1) is 10.2.